The first-order valence-electron chi connectivity index (χ1n) is 12.1. The molecule has 4 N–H and O–H groups in total. The molecule has 1 aromatic heterocycles. The maximum absolute atomic E-state index is 14.7. The molecule has 12 heteroatoms. The first-order valence-corrected chi connectivity index (χ1v) is 10.6. The van der Waals surface area contributed by atoms with E-state index < -0.39 is 29.9 Å². The Morgan fingerprint density at radius 2 is 2.03 bits per heavy atom. The van der Waals surface area contributed by atoms with E-state index in [0.29, 0.717) is 12.8 Å². The molecule has 2 fully saturated rings. The SMILES string of the molecule is [2H]C([2H])([2H])NC(=O)c1nnc(NC(=O)C2CC2)cc1Nc1cc(F)cc(C2=NC3(CC3)C(=O)N2)c1OC. The number of nitrogens with one attached hydrogen (secondary N) is 4. The van der Waals surface area contributed by atoms with Gasteiger partial charge in [0.2, 0.25) is 5.91 Å². The highest BCUT2D eigenvalue weighted by Gasteiger charge is 2.54. The van der Waals surface area contributed by atoms with Gasteiger partial charge in [-0.05, 0) is 31.7 Å². The highest BCUT2D eigenvalue weighted by atomic mass is 19.1. The largest absolute Gasteiger partial charge is 0.494 e. The quantitative estimate of drug-likeness (QED) is 0.479. The molecule has 0 unspecified atom stereocenters. The van der Waals surface area contributed by atoms with Gasteiger partial charge in [0.15, 0.2) is 17.3 Å². The molecule has 1 spiro atoms. The molecular formula is C22H22FN7O4. The van der Waals surface area contributed by atoms with E-state index in [4.69, 9.17) is 8.85 Å². The van der Waals surface area contributed by atoms with E-state index in [1.165, 1.54) is 13.2 Å². The number of amides is 3. The molecule has 34 heavy (non-hydrogen) atoms. The lowest BCUT2D eigenvalue weighted by Crippen LogP contribution is -2.30. The summed E-state index contributed by atoms with van der Waals surface area (Å²) in [6.45, 7) is -2.81. The predicted octanol–water partition coefficient (Wildman–Crippen LogP) is 1.48. The molecule has 11 nitrogen and oxygen atoms in total. The zero-order valence-electron chi connectivity index (χ0n) is 21.0. The Morgan fingerprint density at radius 3 is 2.68 bits per heavy atom. The molecule has 3 aliphatic rings. The summed E-state index contributed by atoms with van der Waals surface area (Å²) in [5, 5.41) is 17.5. The zero-order chi connectivity index (χ0) is 26.5. The summed E-state index contributed by atoms with van der Waals surface area (Å²) in [5.74, 6) is -2.22. The van der Waals surface area contributed by atoms with Crippen molar-refractivity contribution in [2.24, 2.45) is 10.9 Å². The minimum atomic E-state index is -2.81. The Bertz CT molecular complexity index is 1360. The molecule has 5 rings (SSSR count). The second-order valence-corrected chi connectivity index (χ2v) is 8.31. The Kier molecular flexibility index (Phi) is 4.34. The van der Waals surface area contributed by atoms with Crippen LogP contribution >= 0.6 is 0 Å². The molecule has 1 aromatic carbocycles. The number of methoxy groups -OCH3 is 1. The first kappa shape index (κ1) is 18.3. The number of hydrogen-bond acceptors (Lipinski definition) is 8. The normalized spacial score (nSPS) is 19.3. The third-order valence-corrected chi connectivity index (χ3v) is 5.81. The number of amidine groups is 1. The van der Waals surface area contributed by atoms with Crippen LogP contribution in [0.5, 0.6) is 5.75 Å². The highest BCUT2D eigenvalue weighted by molar-refractivity contribution is 6.18. The van der Waals surface area contributed by atoms with Crippen molar-refractivity contribution in [2.75, 3.05) is 24.7 Å². The highest BCUT2D eigenvalue weighted by Crippen LogP contribution is 2.44. The van der Waals surface area contributed by atoms with E-state index in [0.717, 1.165) is 25.0 Å². The smallest absolute Gasteiger partial charge is 0.273 e. The molecular weight excluding hydrogens is 445 g/mol. The van der Waals surface area contributed by atoms with E-state index in [-0.39, 0.29) is 52.1 Å². The zero-order valence-corrected chi connectivity index (χ0v) is 18.0. The lowest BCUT2D eigenvalue weighted by Gasteiger charge is -2.17. The third-order valence-electron chi connectivity index (χ3n) is 5.81. The van der Waals surface area contributed by atoms with Gasteiger partial charge in [-0.1, -0.05) is 0 Å². The van der Waals surface area contributed by atoms with Gasteiger partial charge >= 0.3 is 0 Å². The van der Waals surface area contributed by atoms with Crippen molar-refractivity contribution in [3.63, 3.8) is 0 Å². The van der Waals surface area contributed by atoms with Crippen molar-refractivity contribution in [1.82, 2.24) is 20.8 Å². The fourth-order valence-electron chi connectivity index (χ4n) is 3.68. The second-order valence-electron chi connectivity index (χ2n) is 8.31. The van der Waals surface area contributed by atoms with Crippen molar-refractivity contribution in [3.05, 3.63) is 35.3 Å². The second kappa shape index (κ2) is 8.04. The van der Waals surface area contributed by atoms with Gasteiger partial charge in [-0.2, -0.15) is 0 Å². The predicted molar refractivity (Wildman–Crippen MR) is 120 cm³/mol. The number of halogens is 1. The number of aliphatic imine (C=N–C) groups is 1. The molecule has 0 radical (unpaired) electrons. The maximum atomic E-state index is 14.7. The van der Waals surface area contributed by atoms with Gasteiger partial charge in [0, 0.05) is 29.1 Å². The number of ether oxygens (including phenoxy) is 1. The summed E-state index contributed by atoms with van der Waals surface area (Å²) in [4.78, 5) is 41.6. The van der Waals surface area contributed by atoms with Gasteiger partial charge in [-0.25, -0.2) is 4.39 Å². The standard InChI is InChI=1S/C22H22FN7O4/c1-24-20(32)16-13(9-15(29-30-16)26-19(31)10-3-4-10)25-14-8-11(23)7-12(17(14)34-2)18-27-21(33)22(28-18)5-6-22/h7-10H,3-6H2,1-2H3,(H,24,32)(H,27,28,33)(H2,25,26,29,31)/i1D3. The van der Waals surface area contributed by atoms with E-state index in [1.807, 2.05) is 5.32 Å². The van der Waals surface area contributed by atoms with Gasteiger partial charge in [-0.3, -0.25) is 19.4 Å². The van der Waals surface area contributed by atoms with Crippen molar-refractivity contribution in [1.29, 1.82) is 0 Å². The molecule has 2 heterocycles. The molecule has 0 bridgehead atoms. The lowest BCUT2D eigenvalue weighted by molar-refractivity contribution is -0.121. The third kappa shape index (κ3) is 3.91. The Labute approximate surface area is 197 Å². The molecule has 3 amide bonds. The monoisotopic (exact) mass is 470 g/mol. The Balaban J connectivity index is 1.53. The van der Waals surface area contributed by atoms with Gasteiger partial charge in [0.25, 0.3) is 11.8 Å². The summed E-state index contributed by atoms with van der Waals surface area (Å²) in [6, 6.07) is 3.51. The van der Waals surface area contributed by atoms with Crippen LogP contribution in [0.2, 0.25) is 0 Å². The van der Waals surface area contributed by atoms with Gasteiger partial charge in [0.05, 0.1) is 24.0 Å². The van der Waals surface area contributed by atoms with Crippen LogP contribution in [0, 0.1) is 11.7 Å². The maximum Gasteiger partial charge on any atom is 0.273 e. The first-order chi connectivity index (χ1) is 17.5. The Hall–Kier alpha value is -4.09. The van der Waals surface area contributed by atoms with E-state index in [9.17, 15) is 18.8 Å². The van der Waals surface area contributed by atoms with Crippen LogP contribution in [0.25, 0.3) is 0 Å². The van der Waals surface area contributed by atoms with Crippen LogP contribution in [0.3, 0.4) is 0 Å². The molecule has 0 atom stereocenters. The number of carbonyl (C=O) groups excluding carboxylic acids is 3. The van der Waals surface area contributed by atoms with Crippen molar-refractivity contribution < 1.29 is 27.6 Å². The number of hydrogen-bond donors (Lipinski definition) is 4. The van der Waals surface area contributed by atoms with E-state index in [2.05, 4.69) is 31.1 Å². The van der Waals surface area contributed by atoms with Crippen molar-refractivity contribution in [2.45, 2.75) is 31.2 Å². The molecule has 2 aromatic rings. The van der Waals surface area contributed by atoms with Crippen LogP contribution < -0.4 is 26.0 Å². The molecule has 176 valence electrons. The number of aromatic nitrogens is 2. The molecule has 0 saturated heterocycles. The van der Waals surface area contributed by atoms with Crippen LogP contribution in [-0.2, 0) is 9.59 Å². The number of rotatable bonds is 7. The van der Waals surface area contributed by atoms with Gasteiger partial charge < -0.3 is 26.0 Å². The summed E-state index contributed by atoms with van der Waals surface area (Å²) in [6.07, 6.45) is 2.67. The average Bonchev–Trinajstić information content (AvgIpc) is 3.72. The number of anilines is 3. The summed E-state index contributed by atoms with van der Waals surface area (Å²) in [5.41, 5.74) is -1.13. The van der Waals surface area contributed by atoms with Crippen LogP contribution in [-0.4, -0.2) is 53.4 Å². The molecule has 1 aliphatic heterocycles. The summed E-state index contributed by atoms with van der Waals surface area (Å²) >= 11 is 0. The average molecular weight is 470 g/mol. The van der Waals surface area contributed by atoms with Gasteiger partial charge in [-0.15, -0.1) is 10.2 Å². The molecule has 2 saturated carbocycles. The van der Waals surface area contributed by atoms with Gasteiger partial charge in [0.1, 0.15) is 17.2 Å². The fourth-order valence-corrected chi connectivity index (χ4v) is 3.68. The fraction of sp³-hybridized carbons (Fsp3) is 0.364. The minimum Gasteiger partial charge on any atom is -0.494 e. The number of benzene rings is 1. The number of carbonyl (C=O) groups is 3. The lowest BCUT2D eigenvalue weighted by atomic mass is 10.1. The van der Waals surface area contributed by atoms with Crippen LogP contribution in [0.15, 0.2) is 23.2 Å². The minimum absolute atomic E-state index is 0.00327. The summed E-state index contributed by atoms with van der Waals surface area (Å²) < 4.78 is 42.2. The van der Waals surface area contributed by atoms with Crippen molar-refractivity contribution >= 4 is 40.7 Å². The topological polar surface area (TPSA) is 147 Å². The van der Waals surface area contributed by atoms with E-state index >= 15 is 0 Å². The van der Waals surface area contributed by atoms with E-state index in [1.54, 1.807) is 0 Å². The molecule has 2 aliphatic carbocycles. The summed E-state index contributed by atoms with van der Waals surface area (Å²) in [7, 11) is 1.33. The van der Waals surface area contributed by atoms with Crippen LogP contribution in [0.4, 0.5) is 21.6 Å². The number of nitrogens with zero attached hydrogens (tertiary/aromatic N) is 3. The van der Waals surface area contributed by atoms with Crippen LogP contribution in [0.1, 0.15) is 45.8 Å². The Morgan fingerprint density at radius 1 is 1.24 bits per heavy atom. The van der Waals surface area contributed by atoms with Crippen molar-refractivity contribution in [3.8, 4) is 5.75 Å².